The predicted molar refractivity (Wildman–Crippen MR) is 82.6 cm³/mol. The molecular formula is C17H28N2. The Hall–Kier alpha value is -0.860. The molecule has 1 aliphatic heterocycles. The molecule has 0 saturated carbocycles. The average Bonchev–Trinajstić information content (AvgIpc) is 2.85. The fourth-order valence-corrected chi connectivity index (χ4v) is 2.91. The predicted octanol–water partition coefficient (Wildman–Crippen LogP) is 3.19. The fourth-order valence-electron chi connectivity index (χ4n) is 2.91. The second-order valence-corrected chi connectivity index (χ2v) is 6.15. The third-order valence-corrected chi connectivity index (χ3v) is 4.32. The molecule has 106 valence electrons. The number of nitrogens with one attached hydrogen (secondary N) is 1. The molecule has 2 rings (SSSR count). The lowest BCUT2D eigenvalue weighted by molar-refractivity contribution is 0.298. The van der Waals surface area contributed by atoms with Gasteiger partial charge in [-0.3, -0.25) is 0 Å². The van der Waals surface area contributed by atoms with E-state index in [0.717, 1.165) is 6.54 Å². The fraction of sp³-hybridized carbons (Fsp3) is 0.647. The zero-order chi connectivity index (χ0) is 13.8. The van der Waals surface area contributed by atoms with Crippen molar-refractivity contribution in [1.82, 2.24) is 10.2 Å². The number of nitrogens with zero attached hydrogens (tertiary/aromatic N) is 1. The van der Waals surface area contributed by atoms with Gasteiger partial charge in [-0.1, -0.05) is 12.1 Å². The Bertz CT molecular complexity index is 420. The summed E-state index contributed by atoms with van der Waals surface area (Å²) in [4.78, 5) is 2.57. The van der Waals surface area contributed by atoms with Gasteiger partial charge in [0.1, 0.15) is 0 Å². The van der Waals surface area contributed by atoms with Gasteiger partial charge in [-0.2, -0.15) is 0 Å². The molecule has 1 fully saturated rings. The van der Waals surface area contributed by atoms with Gasteiger partial charge in [-0.05, 0) is 75.9 Å². The summed E-state index contributed by atoms with van der Waals surface area (Å²) in [5.41, 5.74) is 5.64. The van der Waals surface area contributed by atoms with Gasteiger partial charge in [0.25, 0.3) is 0 Å². The van der Waals surface area contributed by atoms with Crippen LogP contribution in [0.3, 0.4) is 0 Å². The Morgan fingerprint density at radius 2 is 1.68 bits per heavy atom. The summed E-state index contributed by atoms with van der Waals surface area (Å²) in [6, 6.07) is 5.21. The third-order valence-electron chi connectivity index (χ3n) is 4.32. The van der Waals surface area contributed by atoms with Crippen molar-refractivity contribution in [3.05, 3.63) is 34.4 Å². The van der Waals surface area contributed by atoms with E-state index < -0.39 is 0 Å². The Balaban J connectivity index is 1.85. The first kappa shape index (κ1) is 14.5. The van der Waals surface area contributed by atoms with Gasteiger partial charge in [0.15, 0.2) is 0 Å². The van der Waals surface area contributed by atoms with Crippen molar-refractivity contribution in [2.45, 2.75) is 53.1 Å². The average molecular weight is 260 g/mol. The van der Waals surface area contributed by atoms with Crippen LogP contribution < -0.4 is 5.32 Å². The van der Waals surface area contributed by atoms with Crippen molar-refractivity contribution in [2.75, 3.05) is 19.6 Å². The number of hydrogen-bond donors (Lipinski definition) is 1. The first-order valence-corrected chi connectivity index (χ1v) is 7.58. The second-order valence-electron chi connectivity index (χ2n) is 6.15. The highest BCUT2D eigenvalue weighted by Crippen LogP contribution is 2.15. The van der Waals surface area contributed by atoms with Gasteiger partial charge in [0, 0.05) is 19.1 Å². The standard InChI is InChI=1S/C17H28N2/c1-13-9-15(3)17(10-14(13)2)11-18-16(4)12-19-7-5-6-8-19/h9-10,16,18H,5-8,11-12H2,1-4H3. The van der Waals surface area contributed by atoms with Crippen LogP contribution in [0.2, 0.25) is 0 Å². The minimum absolute atomic E-state index is 0.569. The molecule has 0 amide bonds. The van der Waals surface area contributed by atoms with Crippen LogP contribution in [0.1, 0.15) is 42.0 Å². The number of rotatable bonds is 5. The van der Waals surface area contributed by atoms with Crippen LogP contribution in [0, 0.1) is 20.8 Å². The summed E-state index contributed by atoms with van der Waals surface area (Å²) in [5.74, 6) is 0. The molecule has 0 spiro atoms. The van der Waals surface area contributed by atoms with E-state index in [1.165, 1.54) is 54.7 Å². The van der Waals surface area contributed by atoms with Crippen LogP contribution in [0.5, 0.6) is 0 Å². The molecule has 0 bridgehead atoms. The van der Waals surface area contributed by atoms with Gasteiger partial charge in [0.05, 0.1) is 0 Å². The van der Waals surface area contributed by atoms with Gasteiger partial charge in [-0.15, -0.1) is 0 Å². The van der Waals surface area contributed by atoms with Gasteiger partial charge in [-0.25, -0.2) is 0 Å². The first-order chi connectivity index (χ1) is 9.06. The van der Waals surface area contributed by atoms with E-state index >= 15 is 0 Å². The van der Waals surface area contributed by atoms with Gasteiger partial charge < -0.3 is 10.2 Å². The number of benzene rings is 1. The van der Waals surface area contributed by atoms with E-state index in [9.17, 15) is 0 Å². The van der Waals surface area contributed by atoms with Crippen molar-refractivity contribution in [3.63, 3.8) is 0 Å². The van der Waals surface area contributed by atoms with Crippen LogP contribution in [0.25, 0.3) is 0 Å². The molecule has 1 aromatic rings. The number of hydrogen-bond acceptors (Lipinski definition) is 2. The maximum absolute atomic E-state index is 3.67. The molecule has 1 unspecified atom stereocenters. The minimum atomic E-state index is 0.569. The summed E-state index contributed by atoms with van der Waals surface area (Å²) in [6.07, 6.45) is 2.76. The highest BCUT2D eigenvalue weighted by Gasteiger charge is 2.14. The molecule has 2 heteroatoms. The van der Waals surface area contributed by atoms with Crippen molar-refractivity contribution >= 4 is 0 Å². The van der Waals surface area contributed by atoms with Crippen LogP contribution >= 0.6 is 0 Å². The largest absolute Gasteiger partial charge is 0.309 e. The van der Waals surface area contributed by atoms with Crippen molar-refractivity contribution in [1.29, 1.82) is 0 Å². The Labute approximate surface area is 118 Å². The summed E-state index contributed by atoms with van der Waals surface area (Å²) in [7, 11) is 0. The lowest BCUT2D eigenvalue weighted by Crippen LogP contribution is -2.37. The molecule has 1 atom stereocenters. The smallest absolute Gasteiger partial charge is 0.0211 e. The lowest BCUT2D eigenvalue weighted by Gasteiger charge is -2.22. The van der Waals surface area contributed by atoms with Crippen LogP contribution in [-0.4, -0.2) is 30.6 Å². The summed E-state index contributed by atoms with van der Waals surface area (Å²) < 4.78 is 0. The van der Waals surface area contributed by atoms with Crippen molar-refractivity contribution in [2.24, 2.45) is 0 Å². The molecule has 1 aliphatic rings. The summed E-state index contributed by atoms with van der Waals surface area (Å²) in [6.45, 7) is 13.7. The Morgan fingerprint density at radius 3 is 2.37 bits per heavy atom. The topological polar surface area (TPSA) is 15.3 Å². The molecule has 0 aromatic heterocycles. The minimum Gasteiger partial charge on any atom is -0.309 e. The SMILES string of the molecule is Cc1cc(C)c(CNC(C)CN2CCCC2)cc1C. The molecule has 19 heavy (non-hydrogen) atoms. The molecular weight excluding hydrogens is 232 g/mol. The molecule has 1 N–H and O–H groups in total. The Kier molecular flexibility index (Phi) is 5.00. The summed E-state index contributed by atoms with van der Waals surface area (Å²) in [5, 5.41) is 3.67. The van der Waals surface area contributed by atoms with Crippen LogP contribution in [-0.2, 0) is 6.54 Å². The highest BCUT2D eigenvalue weighted by atomic mass is 15.2. The quantitative estimate of drug-likeness (QED) is 0.874. The zero-order valence-electron chi connectivity index (χ0n) is 12.9. The monoisotopic (exact) mass is 260 g/mol. The third kappa shape index (κ3) is 4.05. The number of likely N-dealkylation sites (tertiary alicyclic amines) is 1. The lowest BCUT2D eigenvalue weighted by atomic mass is 10.0. The van der Waals surface area contributed by atoms with E-state index in [4.69, 9.17) is 0 Å². The molecule has 1 aromatic carbocycles. The van der Waals surface area contributed by atoms with E-state index in [0.29, 0.717) is 6.04 Å². The Morgan fingerprint density at radius 1 is 1.05 bits per heavy atom. The van der Waals surface area contributed by atoms with Crippen LogP contribution in [0.15, 0.2) is 12.1 Å². The molecule has 0 aliphatic carbocycles. The van der Waals surface area contributed by atoms with Crippen molar-refractivity contribution in [3.8, 4) is 0 Å². The van der Waals surface area contributed by atoms with E-state index in [1.54, 1.807) is 0 Å². The maximum Gasteiger partial charge on any atom is 0.0211 e. The number of aryl methyl sites for hydroxylation is 3. The van der Waals surface area contributed by atoms with E-state index in [1.807, 2.05) is 0 Å². The van der Waals surface area contributed by atoms with E-state index in [2.05, 4.69) is 50.0 Å². The molecule has 1 heterocycles. The molecule has 1 saturated heterocycles. The van der Waals surface area contributed by atoms with E-state index in [-0.39, 0.29) is 0 Å². The summed E-state index contributed by atoms with van der Waals surface area (Å²) >= 11 is 0. The molecule has 2 nitrogen and oxygen atoms in total. The maximum atomic E-state index is 3.67. The normalized spacial score (nSPS) is 17.9. The first-order valence-electron chi connectivity index (χ1n) is 7.58. The van der Waals surface area contributed by atoms with Crippen molar-refractivity contribution < 1.29 is 0 Å². The van der Waals surface area contributed by atoms with Crippen LogP contribution in [0.4, 0.5) is 0 Å². The second kappa shape index (κ2) is 6.53. The zero-order valence-corrected chi connectivity index (χ0v) is 12.9. The highest BCUT2D eigenvalue weighted by molar-refractivity contribution is 5.36. The van der Waals surface area contributed by atoms with Gasteiger partial charge in [0.2, 0.25) is 0 Å². The van der Waals surface area contributed by atoms with Gasteiger partial charge >= 0.3 is 0 Å². The molecule has 0 radical (unpaired) electrons.